The smallest absolute Gasteiger partial charge is 0.288 e. The maximum atomic E-state index is 12.4. The monoisotopic (exact) mass is 391 g/mol. The summed E-state index contributed by atoms with van der Waals surface area (Å²) in [6.07, 6.45) is -3.68. The molecule has 0 spiro atoms. The molecule has 0 radical (unpaired) electrons. The summed E-state index contributed by atoms with van der Waals surface area (Å²) in [6.45, 7) is -1.31. The van der Waals surface area contributed by atoms with Gasteiger partial charge in [-0.2, -0.15) is 13.2 Å². The fraction of sp³-hybridized carbons (Fsp3) is 0.105. The van der Waals surface area contributed by atoms with Gasteiger partial charge in [0.05, 0.1) is 11.4 Å². The van der Waals surface area contributed by atoms with Crippen LogP contribution in [0.1, 0.15) is 5.56 Å². The van der Waals surface area contributed by atoms with Crippen LogP contribution >= 0.6 is 11.8 Å². The highest BCUT2D eigenvalue weighted by atomic mass is 32.2. The van der Waals surface area contributed by atoms with E-state index in [1.165, 1.54) is 6.08 Å². The summed E-state index contributed by atoms with van der Waals surface area (Å²) in [5, 5.41) is -0.898. The molecule has 1 fully saturated rings. The Hall–Kier alpha value is -2.87. The van der Waals surface area contributed by atoms with Gasteiger partial charge in [0.25, 0.3) is 16.9 Å². The Morgan fingerprint density at radius 3 is 2.15 bits per heavy atom. The molecule has 27 heavy (non-hydrogen) atoms. The van der Waals surface area contributed by atoms with Gasteiger partial charge in [0.15, 0.2) is 0 Å². The maximum absolute atomic E-state index is 12.4. The number of benzene rings is 2. The van der Waals surface area contributed by atoms with Crippen LogP contribution in [0.4, 0.5) is 18.0 Å². The Labute approximate surface area is 156 Å². The molecule has 0 saturated carbocycles. The van der Waals surface area contributed by atoms with E-state index in [0.29, 0.717) is 22.2 Å². The molecule has 2 aromatic rings. The third kappa shape index (κ3) is 4.28. The van der Waals surface area contributed by atoms with Crippen molar-refractivity contribution in [2.75, 3.05) is 6.54 Å². The van der Waals surface area contributed by atoms with Crippen molar-refractivity contribution in [2.45, 2.75) is 6.18 Å². The zero-order valence-corrected chi connectivity index (χ0v) is 14.5. The highest BCUT2D eigenvalue weighted by Gasteiger charge is 2.44. The Kier molecular flexibility index (Phi) is 5.18. The molecule has 2 amide bonds. The normalized spacial score (nSPS) is 16.3. The van der Waals surface area contributed by atoms with Crippen LogP contribution in [0.3, 0.4) is 0 Å². The van der Waals surface area contributed by atoms with E-state index in [2.05, 4.69) is 0 Å². The van der Waals surface area contributed by atoms with Crippen molar-refractivity contribution in [1.82, 2.24) is 4.90 Å². The molecular formula is C19H12F3NO3S. The molecule has 138 valence electrons. The number of ketones is 1. The molecule has 8 heteroatoms. The van der Waals surface area contributed by atoms with Crippen LogP contribution in [-0.4, -0.2) is 34.6 Å². The van der Waals surface area contributed by atoms with Gasteiger partial charge in [-0.15, -0.1) is 0 Å². The lowest BCUT2D eigenvalue weighted by atomic mass is 10.0. The van der Waals surface area contributed by atoms with Crippen molar-refractivity contribution in [3.63, 3.8) is 0 Å². The molecule has 1 heterocycles. The Balaban J connectivity index is 1.77. The van der Waals surface area contributed by atoms with E-state index in [9.17, 15) is 27.6 Å². The number of Topliss-reactive ketones (excluding diaryl/α,β-unsaturated/α-hetero) is 1. The first-order valence-electron chi connectivity index (χ1n) is 7.76. The number of carbonyl (C=O) groups is 3. The number of hydrogen-bond donors (Lipinski definition) is 0. The van der Waals surface area contributed by atoms with E-state index < -0.39 is 29.7 Å². The molecule has 1 aliphatic rings. The van der Waals surface area contributed by atoms with Crippen molar-refractivity contribution < 1.29 is 27.6 Å². The van der Waals surface area contributed by atoms with E-state index in [1.807, 2.05) is 42.5 Å². The van der Waals surface area contributed by atoms with Gasteiger partial charge in [-0.1, -0.05) is 54.6 Å². The summed E-state index contributed by atoms with van der Waals surface area (Å²) in [7, 11) is 0. The van der Waals surface area contributed by atoms with Crippen LogP contribution in [-0.2, 0) is 9.59 Å². The van der Waals surface area contributed by atoms with Crippen molar-refractivity contribution in [3.05, 3.63) is 65.1 Å². The van der Waals surface area contributed by atoms with Crippen molar-refractivity contribution >= 4 is 34.8 Å². The van der Waals surface area contributed by atoms with Gasteiger partial charge in [0.2, 0.25) is 0 Å². The van der Waals surface area contributed by atoms with Gasteiger partial charge >= 0.3 is 6.18 Å². The lowest BCUT2D eigenvalue weighted by Crippen LogP contribution is -2.39. The topological polar surface area (TPSA) is 54.5 Å². The van der Waals surface area contributed by atoms with E-state index in [4.69, 9.17) is 0 Å². The number of amides is 2. The first-order valence-corrected chi connectivity index (χ1v) is 8.58. The number of halogens is 3. The zero-order chi connectivity index (χ0) is 19.6. The Morgan fingerprint density at radius 2 is 1.56 bits per heavy atom. The Bertz CT molecular complexity index is 921. The van der Waals surface area contributed by atoms with Crippen LogP contribution < -0.4 is 0 Å². The SMILES string of the molecule is O=C1S/C(=C\c2ccc(-c3ccccc3)cc2)C(=O)N1CC(=O)C(F)(F)F. The molecule has 0 bridgehead atoms. The molecule has 1 aliphatic heterocycles. The van der Waals surface area contributed by atoms with Gasteiger partial charge in [-0.3, -0.25) is 19.3 Å². The predicted octanol–water partition coefficient (Wildman–Crippen LogP) is 4.52. The van der Waals surface area contributed by atoms with Crippen LogP contribution in [0.5, 0.6) is 0 Å². The summed E-state index contributed by atoms with van der Waals surface area (Å²) in [5.41, 5.74) is 2.58. The number of imide groups is 1. The largest absolute Gasteiger partial charge is 0.451 e. The van der Waals surface area contributed by atoms with Crippen LogP contribution in [0.2, 0.25) is 0 Å². The molecule has 4 nitrogen and oxygen atoms in total. The fourth-order valence-electron chi connectivity index (χ4n) is 2.42. The van der Waals surface area contributed by atoms with Gasteiger partial charge in [0, 0.05) is 0 Å². The minimum absolute atomic E-state index is 0.0255. The number of hydrogen-bond acceptors (Lipinski definition) is 4. The molecule has 0 atom stereocenters. The molecule has 0 N–H and O–H groups in total. The number of carbonyl (C=O) groups excluding carboxylic acids is 3. The number of rotatable bonds is 4. The number of thioether (sulfide) groups is 1. The van der Waals surface area contributed by atoms with E-state index in [1.54, 1.807) is 12.1 Å². The van der Waals surface area contributed by atoms with Crippen LogP contribution in [0, 0.1) is 0 Å². The molecule has 1 saturated heterocycles. The molecule has 0 aromatic heterocycles. The standard InChI is InChI=1S/C19H12F3NO3S/c20-19(21,22)16(24)11-23-17(25)15(27-18(23)26)10-12-6-8-14(9-7-12)13-4-2-1-3-5-13/h1-10H,11H2/b15-10-. The van der Waals surface area contributed by atoms with Gasteiger partial charge in [-0.05, 0) is 34.5 Å². The summed E-state index contributed by atoms with van der Waals surface area (Å²) in [5.74, 6) is -3.05. The first kappa shape index (κ1) is 18.9. The maximum Gasteiger partial charge on any atom is 0.451 e. The van der Waals surface area contributed by atoms with E-state index in [0.717, 1.165) is 11.1 Å². The second-order valence-corrected chi connectivity index (χ2v) is 6.67. The molecule has 2 aromatic carbocycles. The van der Waals surface area contributed by atoms with Gasteiger partial charge in [-0.25, -0.2) is 0 Å². The number of nitrogens with zero attached hydrogens (tertiary/aromatic N) is 1. The molecule has 3 rings (SSSR count). The average Bonchev–Trinajstić information content (AvgIpc) is 2.90. The van der Waals surface area contributed by atoms with Crippen molar-refractivity contribution in [3.8, 4) is 11.1 Å². The number of alkyl halides is 3. The third-order valence-corrected chi connectivity index (χ3v) is 4.71. The highest BCUT2D eigenvalue weighted by molar-refractivity contribution is 8.18. The average molecular weight is 391 g/mol. The van der Waals surface area contributed by atoms with Crippen molar-refractivity contribution in [1.29, 1.82) is 0 Å². The van der Waals surface area contributed by atoms with E-state index in [-0.39, 0.29) is 4.91 Å². The van der Waals surface area contributed by atoms with E-state index >= 15 is 0 Å². The minimum Gasteiger partial charge on any atom is -0.288 e. The molecule has 0 unspecified atom stereocenters. The highest BCUT2D eigenvalue weighted by Crippen LogP contribution is 2.33. The van der Waals surface area contributed by atoms with Crippen LogP contribution in [0.25, 0.3) is 17.2 Å². The van der Waals surface area contributed by atoms with Crippen molar-refractivity contribution in [2.24, 2.45) is 0 Å². The minimum atomic E-state index is -5.09. The lowest BCUT2D eigenvalue weighted by Gasteiger charge is -2.12. The second-order valence-electron chi connectivity index (χ2n) is 5.68. The second kappa shape index (κ2) is 7.40. The lowest BCUT2D eigenvalue weighted by molar-refractivity contribution is -0.171. The predicted molar refractivity (Wildman–Crippen MR) is 95.6 cm³/mol. The zero-order valence-electron chi connectivity index (χ0n) is 13.7. The van der Waals surface area contributed by atoms with Gasteiger partial charge < -0.3 is 0 Å². The van der Waals surface area contributed by atoms with Crippen LogP contribution in [0.15, 0.2) is 59.5 Å². The quantitative estimate of drug-likeness (QED) is 0.719. The molecular weight excluding hydrogens is 379 g/mol. The van der Waals surface area contributed by atoms with Gasteiger partial charge in [0.1, 0.15) is 0 Å². The summed E-state index contributed by atoms with van der Waals surface area (Å²) < 4.78 is 37.1. The summed E-state index contributed by atoms with van der Waals surface area (Å²) >= 11 is 0.509. The third-order valence-electron chi connectivity index (χ3n) is 3.81. The first-order chi connectivity index (χ1) is 12.8. The molecule has 0 aliphatic carbocycles. The summed E-state index contributed by atoms with van der Waals surface area (Å²) in [6, 6.07) is 16.7. The fourth-order valence-corrected chi connectivity index (χ4v) is 3.26. The summed E-state index contributed by atoms with van der Waals surface area (Å²) in [4.78, 5) is 35.3. The Morgan fingerprint density at radius 1 is 0.963 bits per heavy atom.